The smallest absolute Gasteiger partial charge is 0.338 e. The molecule has 1 aliphatic heterocycles. The van der Waals surface area contributed by atoms with Crippen LogP contribution in [0.3, 0.4) is 0 Å². The van der Waals surface area contributed by atoms with Gasteiger partial charge in [-0.15, -0.1) is 0 Å². The van der Waals surface area contributed by atoms with Crippen molar-refractivity contribution in [1.29, 1.82) is 0 Å². The Balaban J connectivity index is 1.86. The number of rotatable bonds is 6. The van der Waals surface area contributed by atoms with Crippen LogP contribution in [0.4, 0.5) is 0 Å². The van der Waals surface area contributed by atoms with Gasteiger partial charge in [-0.05, 0) is 62.2 Å². The standard InChI is InChI=1S/C35H50O10Si/c1-19-16-25-34(18-41-25,44-22(4)37)28-30(43-31(39)23-14-12-11-13-15-23)35(40)17-24(45-46(8,9)10)20(2)26(32(35,5)6)27(42-21(3)36)29(38)33(19,28)7/h11-15,19,24-25,27-30,38,40H,16-18H2,1-10H3/t19-,24-,25+,27+,28?,29+,30?,33+,34-,35+/m0/s1. The third-order valence-electron chi connectivity index (χ3n) is 11.4. The third kappa shape index (κ3) is 5.26. The molecule has 10 atom stereocenters. The highest BCUT2D eigenvalue weighted by Gasteiger charge is 2.77. The lowest BCUT2D eigenvalue weighted by Gasteiger charge is -2.69. The van der Waals surface area contributed by atoms with Crippen molar-refractivity contribution in [3.63, 3.8) is 0 Å². The van der Waals surface area contributed by atoms with E-state index in [1.165, 1.54) is 13.8 Å². The summed E-state index contributed by atoms with van der Waals surface area (Å²) in [4.78, 5) is 39.6. The Bertz CT molecular complexity index is 1420. The van der Waals surface area contributed by atoms with Crippen LogP contribution in [0.2, 0.25) is 19.6 Å². The monoisotopic (exact) mass is 658 g/mol. The molecule has 2 saturated carbocycles. The lowest BCUT2D eigenvalue weighted by molar-refractivity contribution is -0.358. The minimum Gasteiger partial charge on any atom is -0.455 e. The van der Waals surface area contributed by atoms with Crippen LogP contribution in [0.1, 0.15) is 71.7 Å². The van der Waals surface area contributed by atoms with Crippen LogP contribution in [0, 0.1) is 22.7 Å². The SMILES string of the molecule is CC(=O)O[C@@H]1C2=C(C)[C@@H](O[Si](C)(C)C)C[C@@](O)(C(OC(=O)c3ccccc3)C3[C@](C)([C@@H]1O)[C@@H](C)C[C@H]1OC[C@@]31OC(C)=O)C2(C)C. The van der Waals surface area contributed by atoms with Gasteiger partial charge in [-0.2, -0.15) is 0 Å². The Morgan fingerprint density at radius 3 is 2.15 bits per heavy atom. The van der Waals surface area contributed by atoms with Crippen LogP contribution in [0.25, 0.3) is 0 Å². The maximum absolute atomic E-state index is 14.0. The van der Waals surface area contributed by atoms with E-state index in [2.05, 4.69) is 0 Å². The molecule has 1 heterocycles. The number of fused-ring (bicyclic) bond motifs is 5. The van der Waals surface area contributed by atoms with E-state index in [1.807, 2.05) is 54.3 Å². The molecule has 0 radical (unpaired) electrons. The molecule has 4 aliphatic rings. The van der Waals surface area contributed by atoms with E-state index < -0.39 is 84.7 Å². The Hall–Kier alpha value is -2.57. The highest BCUT2D eigenvalue weighted by molar-refractivity contribution is 6.69. The van der Waals surface area contributed by atoms with Crippen LogP contribution in [-0.2, 0) is 33.0 Å². The number of aliphatic hydroxyl groups excluding tert-OH is 1. The van der Waals surface area contributed by atoms with Crippen molar-refractivity contribution < 1.29 is 48.0 Å². The third-order valence-corrected chi connectivity index (χ3v) is 12.4. The van der Waals surface area contributed by atoms with E-state index in [4.69, 9.17) is 23.4 Å². The average molecular weight is 659 g/mol. The summed E-state index contributed by atoms with van der Waals surface area (Å²) in [5, 5.41) is 26.2. The van der Waals surface area contributed by atoms with Crippen LogP contribution in [0.5, 0.6) is 0 Å². The van der Waals surface area contributed by atoms with Gasteiger partial charge in [0.25, 0.3) is 0 Å². The van der Waals surface area contributed by atoms with Crippen molar-refractivity contribution in [2.45, 2.75) is 123 Å². The normalized spacial score (nSPS) is 39.9. The van der Waals surface area contributed by atoms with Crippen molar-refractivity contribution in [3.8, 4) is 0 Å². The van der Waals surface area contributed by atoms with E-state index in [0.717, 1.165) is 5.57 Å². The molecule has 46 heavy (non-hydrogen) atoms. The summed E-state index contributed by atoms with van der Waals surface area (Å²) in [6.07, 6.45) is -4.55. The Kier molecular flexibility index (Phi) is 8.72. The fourth-order valence-corrected chi connectivity index (χ4v) is 10.1. The number of hydrogen-bond acceptors (Lipinski definition) is 10. The molecule has 1 aromatic carbocycles. The quantitative estimate of drug-likeness (QED) is 0.193. The molecular formula is C35H50O10Si. The molecule has 10 nitrogen and oxygen atoms in total. The number of ether oxygens (including phenoxy) is 4. The zero-order chi connectivity index (χ0) is 34.2. The van der Waals surface area contributed by atoms with Crippen LogP contribution in [0.15, 0.2) is 41.5 Å². The molecule has 0 spiro atoms. The Labute approximate surface area is 272 Å². The van der Waals surface area contributed by atoms with Crippen molar-refractivity contribution in [2.75, 3.05) is 6.61 Å². The van der Waals surface area contributed by atoms with Crippen LogP contribution in [-0.4, -0.2) is 84.8 Å². The second-order valence-corrected chi connectivity index (χ2v) is 20.0. The van der Waals surface area contributed by atoms with Crippen LogP contribution < -0.4 is 0 Å². The van der Waals surface area contributed by atoms with Crippen molar-refractivity contribution in [2.24, 2.45) is 22.7 Å². The topological polar surface area (TPSA) is 138 Å². The zero-order valence-electron chi connectivity index (χ0n) is 28.7. The molecule has 1 aromatic rings. The van der Waals surface area contributed by atoms with Crippen LogP contribution >= 0.6 is 0 Å². The molecule has 5 rings (SSSR count). The largest absolute Gasteiger partial charge is 0.455 e. The summed E-state index contributed by atoms with van der Waals surface area (Å²) in [7, 11) is -2.24. The van der Waals surface area contributed by atoms with Gasteiger partial charge in [0.15, 0.2) is 20.0 Å². The van der Waals surface area contributed by atoms with Crippen molar-refractivity contribution in [1.82, 2.24) is 0 Å². The number of carbonyl (C=O) groups excluding carboxylic acids is 3. The molecule has 2 N–H and O–H groups in total. The summed E-state index contributed by atoms with van der Waals surface area (Å²) >= 11 is 0. The van der Waals surface area contributed by atoms with Gasteiger partial charge < -0.3 is 33.6 Å². The molecule has 0 aromatic heterocycles. The van der Waals surface area contributed by atoms with Gasteiger partial charge in [0.2, 0.25) is 0 Å². The minimum atomic E-state index is -2.24. The van der Waals surface area contributed by atoms with E-state index >= 15 is 0 Å². The lowest BCUT2D eigenvalue weighted by atomic mass is 9.43. The Morgan fingerprint density at radius 1 is 1.00 bits per heavy atom. The van der Waals surface area contributed by atoms with Crippen molar-refractivity contribution in [3.05, 3.63) is 47.0 Å². The van der Waals surface area contributed by atoms with Gasteiger partial charge in [0, 0.05) is 31.1 Å². The molecule has 2 unspecified atom stereocenters. The van der Waals surface area contributed by atoms with E-state index in [1.54, 1.807) is 30.3 Å². The second kappa shape index (κ2) is 11.5. The van der Waals surface area contributed by atoms with Crippen molar-refractivity contribution >= 4 is 26.2 Å². The summed E-state index contributed by atoms with van der Waals surface area (Å²) in [6.45, 7) is 18.1. The molecule has 0 amide bonds. The van der Waals surface area contributed by atoms with E-state index in [0.29, 0.717) is 12.0 Å². The molecule has 254 valence electrons. The second-order valence-electron chi connectivity index (χ2n) is 15.6. The number of benzene rings is 1. The predicted molar refractivity (Wildman–Crippen MR) is 171 cm³/mol. The number of esters is 3. The molecule has 3 aliphatic carbocycles. The summed E-state index contributed by atoms with van der Waals surface area (Å²) < 4.78 is 31.5. The first-order valence-corrected chi connectivity index (χ1v) is 19.7. The first-order chi connectivity index (χ1) is 21.2. The molecule has 1 saturated heterocycles. The van der Waals surface area contributed by atoms with Gasteiger partial charge >= 0.3 is 17.9 Å². The van der Waals surface area contributed by atoms with Gasteiger partial charge in [-0.25, -0.2) is 4.79 Å². The van der Waals surface area contributed by atoms with Gasteiger partial charge in [-0.1, -0.05) is 45.9 Å². The zero-order valence-corrected chi connectivity index (χ0v) is 29.7. The lowest BCUT2D eigenvalue weighted by Crippen LogP contribution is -2.81. The highest BCUT2D eigenvalue weighted by Crippen LogP contribution is 2.66. The first kappa shape index (κ1) is 34.8. The number of aliphatic hydroxyl groups is 2. The maximum atomic E-state index is 14.0. The summed E-state index contributed by atoms with van der Waals surface area (Å²) in [5.41, 5.74) is -4.03. The fraction of sp³-hybridized carbons (Fsp3) is 0.686. The number of carbonyl (C=O) groups is 3. The fourth-order valence-electron chi connectivity index (χ4n) is 9.00. The molecule has 3 fully saturated rings. The Morgan fingerprint density at radius 2 is 1.63 bits per heavy atom. The number of hydrogen-bond donors (Lipinski definition) is 2. The minimum absolute atomic E-state index is 0.0123. The first-order valence-electron chi connectivity index (χ1n) is 16.2. The molecular weight excluding hydrogens is 608 g/mol. The maximum Gasteiger partial charge on any atom is 0.338 e. The summed E-state index contributed by atoms with van der Waals surface area (Å²) in [6, 6.07) is 8.53. The average Bonchev–Trinajstić information content (AvgIpc) is 2.94. The highest BCUT2D eigenvalue weighted by atomic mass is 28.4. The molecule has 2 bridgehead atoms. The predicted octanol–water partition coefficient (Wildman–Crippen LogP) is 4.58. The molecule has 11 heteroatoms. The summed E-state index contributed by atoms with van der Waals surface area (Å²) in [5.74, 6) is -3.08. The van der Waals surface area contributed by atoms with Gasteiger partial charge in [0.1, 0.15) is 23.9 Å². The van der Waals surface area contributed by atoms with Gasteiger partial charge in [-0.3, -0.25) is 9.59 Å². The van der Waals surface area contributed by atoms with E-state index in [9.17, 15) is 24.6 Å². The van der Waals surface area contributed by atoms with E-state index in [-0.39, 0.29) is 24.5 Å². The van der Waals surface area contributed by atoms with Gasteiger partial charge in [0.05, 0.1) is 24.2 Å².